The molecule has 0 spiro atoms. The summed E-state index contributed by atoms with van der Waals surface area (Å²) in [4.78, 5) is 0. The minimum atomic E-state index is 0.568. The van der Waals surface area contributed by atoms with E-state index in [9.17, 15) is 0 Å². The number of benzene rings is 1. The third-order valence-electron chi connectivity index (χ3n) is 3.07. The van der Waals surface area contributed by atoms with Crippen molar-refractivity contribution in [2.45, 2.75) is 20.4 Å². The van der Waals surface area contributed by atoms with Gasteiger partial charge in [-0.15, -0.1) is 0 Å². The predicted octanol–water partition coefficient (Wildman–Crippen LogP) is 3.18. The Morgan fingerprint density at radius 3 is 2.80 bits per heavy atom. The van der Waals surface area contributed by atoms with Crippen LogP contribution >= 0.6 is 23.8 Å². The summed E-state index contributed by atoms with van der Waals surface area (Å²) in [5.41, 5.74) is 4.02. The van der Waals surface area contributed by atoms with E-state index in [0.717, 1.165) is 27.5 Å². The highest BCUT2D eigenvalue weighted by atomic mass is 35.5. The van der Waals surface area contributed by atoms with Gasteiger partial charge in [-0.3, -0.25) is 4.68 Å². The fourth-order valence-electron chi connectivity index (χ4n) is 1.91. The highest BCUT2D eigenvalue weighted by Gasteiger charge is 2.06. The third kappa shape index (κ3) is 3.49. The topological polar surface area (TPSA) is 41.9 Å². The predicted molar refractivity (Wildman–Crippen MR) is 87.2 cm³/mol. The van der Waals surface area contributed by atoms with Gasteiger partial charge in [0, 0.05) is 36.1 Å². The third-order valence-corrected chi connectivity index (χ3v) is 3.73. The summed E-state index contributed by atoms with van der Waals surface area (Å²) in [6.07, 6.45) is 1.98. The summed E-state index contributed by atoms with van der Waals surface area (Å²) >= 11 is 11.4. The van der Waals surface area contributed by atoms with Gasteiger partial charge in [-0.1, -0.05) is 17.7 Å². The highest BCUT2D eigenvalue weighted by Crippen LogP contribution is 2.22. The second-order valence-corrected chi connectivity index (χ2v) is 5.45. The van der Waals surface area contributed by atoms with E-state index < -0.39 is 0 Å². The van der Waals surface area contributed by atoms with Crippen LogP contribution in [0.4, 0.5) is 5.69 Å². The molecular formula is C14H17ClN4S. The van der Waals surface area contributed by atoms with Crippen molar-refractivity contribution >= 4 is 34.6 Å². The molecule has 20 heavy (non-hydrogen) atoms. The minimum Gasteiger partial charge on any atom is -0.358 e. The van der Waals surface area contributed by atoms with Gasteiger partial charge in [0.1, 0.15) is 0 Å². The first-order chi connectivity index (χ1) is 9.47. The Hall–Kier alpha value is -1.59. The lowest BCUT2D eigenvalue weighted by Crippen LogP contribution is -2.28. The number of aryl methyl sites for hydroxylation is 2. The molecule has 1 heterocycles. The van der Waals surface area contributed by atoms with Crippen LogP contribution in [-0.2, 0) is 13.6 Å². The maximum atomic E-state index is 6.08. The van der Waals surface area contributed by atoms with Crippen LogP contribution in [0.3, 0.4) is 0 Å². The zero-order chi connectivity index (χ0) is 14.7. The van der Waals surface area contributed by atoms with Crippen LogP contribution in [0, 0.1) is 13.8 Å². The Bertz CT molecular complexity index is 636. The van der Waals surface area contributed by atoms with E-state index in [0.29, 0.717) is 11.7 Å². The lowest BCUT2D eigenvalue weighted by Gasteiger charge is -2.12. The Morgan fingerprint density at radius 2 is 2.15 bits per heavy atom. The van der Waals surface area contributed by atoms with E-state index in [1.165, 1.54) is 0 Å². The second kappa shape index (κ2) is 6.24. The van der Waals surface area contributed by atoms with Gasteiger partial charge >= 0.3 is 0 Å². The molecule has 0 amide bonds. The number of hydrogen-bond donors (Lipinski definition) is 2. The first-order valence-corrected chi connectivity index (χ1v) is 7.05. The van der Waals surface area contributed by atoms with Crippen LogP contribution in [-0.4, -0.2) is 14.9 Å². The van der Waals surface area contributed by atoms with Crippen LogP contribution in [0.2, 0.25) is 5.02 Å². The number of anilines is 1. The normalized spacial score (nSPS) is 10.4. The van der Waals surface area contributed by atoms with E-state index in [1.807, 2.05) is 45.3 Å². The molecule has 0 aliphatic carbocycles. The van der Waals surface area contributed by atoms with Crippen LogP contribution in [0.15, 0.2) is 24.4 Å². The van der Waals surface area contributed by atoms with Gasteiger partial charge in [0.2, 0.25) is 0 Å². The van der Waals surface area contributed by atoms with Gasteiger partial charge in [-0.25, -0.2) is 0 Å². The Balaban J connectivity index is 1.96. The molecule has 2 rings (SSSR count). The molecule has 0 fully saturated rings. The Kier molecular flexibility index (Phi) is 4.62. The molecule has 0 saturated heterocycles. The van der Waals surface area contributed by atoms with E-state index in [2.05, 4.69) is 15.7 Å². The van der Waals surface area contributed by atoms with Gasteiger partial charge in [0.05, 0.1) is 5.69 Å². The van der Waals surface area contributed by atoms with Gasteiger partial charge in [0.15, 0.2) is 5.11 Å². The number of nitrogens with zero attached hydrogens (tertiary/aromatic N) is 2. The van der Waals surface area contributed by atoms with Crippen molar-refractivity contribution in [3.8, 4) is 0 Å². The van der Waals surface area contributed by atoms with Crippen molar-refractivity contribution in [2.24, 2.45) is 7.05 Å². The molecule has 2 aromatic rings. The first kappa shape index (κ1) is 14.8. The van der Waals surface area contributed by atoms with Crippen molar-refractivity contribution < 1.29 is 0 Å². The molecule has 0 atom stereocenters. The largest absolute Gasteiger partial charge is 0.358 e. The molecule has 2 N–H and O–H groups in total. The van der Waals surface area contributed by atoms with Crippen molar-refractivity contribution in [1.82, 2.24) is 15.1 Å². The zero-order valence-corrected chi connectivity index (χ0v) is 13.3. The fraction of sp³-hybridized carbons (Fsp3) is 0.286. The Morgan fingerprint density at radius 1 is 1.40 bits per heavy atom. The molecule has 0 unspecified atom stereocenters. The summed E-state index contributed by atoms with van der Waals surface area (Å²) in [7, 11) is 1.91. The maximum Gasteiger partial charge on any atom is 0.171 e. The molecule has 0 saturated carbocycles. The molecule has 1 aromatic carbocycles. The minimum absolute atomic E-state index is 0.568. The number of hydrogen-bond acceptors (Lipinski definition) is 2. The summed E-state index contributed by atoms with van der Waals surface area (Å²) < 4.78 is 1.80. The van der Waals surface area contributed by atoms with E-state index in [-0.39, 0.29) is 0 Å². The van der Waals surface area contributed by atoms with Crippen molar-refractivity contribution in [3.05, 3.63) is 46.2 Å². The number of nitrogens with one attached hydrogen (secondary N) is 2. The molecule has 106 valence electrons. The van der Waals surface area contributed by atoms with Gasteiger partial charge in [-0.05, 0) is 43.8 Å². The summed E-state index contributed by atoms with van der Waals surface area (Å²) in [5.74, 6) is 0. The molecule has 1 aromatic heterocycles. The van der Waals surface area contributed by atoms with Crippen LogP contribution in [0.1, 0.15) is 16.8 Å². The molecule has 6 heteroatoms. The molecular weight excluding hydrogens is 292 g/mol. The smallest absolute Gasteiger partial charge is 0.171 e. The number of halogens is 1. The highest BCUT2D eigenvalue weighted by molar-refractivity contribution is 7.80. The van der Waals surface area contributed by atoms with Crippen LogP contribution in [0.25, 0.3) is 0 Å². The number of aromatic nitrogens is 2. The Labute approximate surface area is 129 Å². The average molecular weight is 309 g/mol. The number of rotatable bonds is 3. The van der Waals surface area contributed by atoms with Crippen molar-refractivity contribution in [1.29, 1.82) is 0 Å². The second-order valence-electron chi connectivity index (χ2n) is 4.63. The van der Waals surface area contributed by atoms with E-state index in [1.54, 1.807) is 4.68 Å². The number of thiocarbonyl (C=S) groups is 1. The first-order valence-electron chi connectivity index (χ1n) is 6.26. The molecule has 0 radical (unpaired) electrons. The molecule has 4 nitrogen and oxygen atoms in total. The zero-order valence-electron chi connectivity index (χ0n) is 11.7. The van der Waals surface area contributed by atoms with Crippen LogP contribution < -0.4 is 10.6 Å². The molecule has 0 bridgehead atoms. The standard InChI is InChI=1S/C14H17ClN4S/c1-9-12(15)5-4-6-13(9)17-14(20)16-7-11-8-19(3)18-10(11)2/h4-6,8H,7H2,1-3H3,(H2,16,17,20). The summed E-state index contributed by atoms with van der Waals surface area (Å²) in [5, 5.41) is 11.9. The lowest BCUT2D eigenvalue weighted by molar-refractivity contribution is 0.756. The maximum absolute atomic E-state index is 6.08. The van der Waals surface area contributed by atoms with E-state index >= 15 is 0 Å². The fourth-order valence-corrected chi connectivity index (χ4v) is 2.26. The van der Waals surface area contributed by atoms with Crippen molar-refractivity contribution in [2.75, 3.05) is 5.32 Å². The van der Waals surface area contributed by atoms with E-state index in [4.69, 9.17) is 23.8 Å². The summed E-state index contributed by atoms with van der Waals surface area (Å²) in [6.45, 7) is 4.58. The summed E-state index contributed by atoms with van der Waals surface area (Å²) in [6, 6.07) is 5.70. The average Bonchev–Trinajstić information content (AvgIpc) is 2.71. The monoisotopic (exact) mass is 308 g/mol. The van der Waals surface area contributed by atoms with Gasteiger partial charge in [0.25, 0.3) is 0 Å². The SMILES string of the molecule is Cc1nn(C)cc1CNC(=S)Nc1cccc(Cl)c1C. The quantitative estimate of drug-likeness (QED) is 0.855. The lowest BCUT2D eigenvalue weighted by atomic mass is 10.2. The van der Waals surface area contributed by atoms with Gasteiger partial charge < -0.3 is 10.6 Å². The van der Waals surface area contributed by atoms with Gasteiger partial charge in [-0.2, -0.15) is 5.10 Å². The molecule has 0 aliphatic heterocycles. The molecule has 0 aliphatic rings. The van der Waals surface area contributed by atoms with Crippen LogP contribution in [0.5, 0.6) is 0 Å². The van der Waals surface area contributed by atoms with Crippen molar-refractivity contribution in [3.63, 3.8) is 0 Å².